The number of benzene rings is 1. The molecule has 0 aliphatic carbocycles. The van der Waals surface area contributed by atoms with Crippen LogP contribution in [0.4, 0.5) is 10.1 Å². The summed E-state index contributed by atoms with van der Waals surface area (Å²) in [7, 11) is 1.73. The van der Waals surface area contributed by atoms with Gasteiger partial charge in [0, 0.05) is 30.6 Å². The van der Waals surface area contributed by atoms with Gasteiger partial charge in [0.05, 0.1) is 5.69 Å². The molecule has 0 bridgehead atoms. The summed E-state index contributed by atoms with van der Waals surface area (Å²) >= 11 is 1.38. The number of carbonyl (C=O) groups excluding carboxylic acids is 1. The van der Waals surface area contributed by atoms with Gasteiger partial charge in [-0.15, -0.1) is 5.10 Å². The molecule has 0 unspecified atom stereocenters. The number of thioether (sulfide) groups is 1. The zero-order valence-corrected chi connectivity index (χ0v) is 15.4. The third-order valence-corrected chi connectivity index (χ3v) is 4.62. The maximum Gasteiger partial charge on any atom is 0.225 e. The van der Waals surface area contributed by atoms with Crippen LogP contribution in [0.5, 0.6) is 0 Å². The first-order chi connectivity index (χ1) is 12.4. The lowest BCUT2D eigenvalue weighted by atomic mass is 10.2. The molecule has 0 radical (unpaired) electrons. The maximum absolute atomic E-state index is 14.4. The van der Waals surface area contributed by atoms with E-state index in [2.05, 4.69) is 25.9 Å². The van der Waals surface area contributed by atoms with Gasteiger partial charge in [-0.1, -0.05) is 11.8 Å². The van der Waals surface area contributed by atoms with Gasteiger partial charge < -0.3 is 5.32 Å². The lowest BCUT2D eigenvalue weighted by molar-refractivity contribution is -0.115. The topological polar surface area (TPSA) is 90.5 Å². The van der Waals surface area contributed by atoms with Crippen LogP contribution in [0.1, 0.15) is 17.8 Å². The van der Waals surface area contributed by atoms with Crippen molar-refractivity contribution in [2.75, 3.05) is 11.1 Å². The molecule has 0 fully saturated rings. The monoisotopic (exact) mass is 375 g/mol. The van der Waals surface area contributed by atoms with Crippen LogP contribution in [0.25, 0.3) is 5.69 Å². The highest BCUT2D eigenvalue weighted by atomic mass is 32.2. The Morgan fingerprint density at radius 3 is 2.73 bits per heavy atom. The predicted octanol–water partition coefficient (Wildman–Crippen LogP) is 2.27. The molecule has 0 atom stereocenters. The van der Waals surface area contributed by atoms with Crippen LogP contribution in [-0.2, 0) is 11.8 Å². The Labute approximate surface area is 153 Å². The predicted molar refractivity (Wildman–Crippen MR) is 95.8 cm³/mol. The number of hydrogen-bond donors (Lipinski definition) is 1. The van der Waals surface area contributed by atoms with Crippen molar-refractivity contribution in [3.05, 3.63) is 41.5 Å². The minimum absolute atomic E-state index is 0.203. The number of nitrogens with one attached hydrogen (secondary N) is 1. The van der Waals surface area contributed by atoms with E-state index in [9.17, 15) is 9.18 Å². The second-order valence-corrected chi connectivity index (χ2v) is 6.80. The molecule has 26 heavy (non-hydrogen) atoms. The standard InChI is InChI=1S/C16H18FN7OS/c1-10-8-11(2)24(20-10)14-5-4-12(9-13(14)17)18-15(25)6-7-26-16-19-21-22-23(16)3/h4-5,8-9H,6-7H2,1-3H3,(H,18,25). The van der Waals surface area contributed by atoms with E-state index in [0.717, 1.165) is 11.4 Å². The van der Waals surface area contributed by atoms with E-state index < -0.39 is 5.82 Å². The molecule has 1 N–H and O–H groups in total. The Balaban J connectivity index is 1.59. The smallest absolute Gasteiger partial charge is 0.225 e. The van der Waals surface area contributed by atoms with Crippen LogP contribution in [-0.4, -0.2) is 41.6 Å². The molecule has 136 valence electrons. The van der Waals surface area contributed by atoms with Gasteiger partial charge in [-0.05, 0) is 48.5 Å². The number of carbonyl (C=O) groups is 1. The van der Waals surface area contributed by atoms with Crippen molar-refractivity contribution in [1.82, 2.24) is 30.0 Å². The van der Waals surface area contributed by atoms with Crippen LogP contribution < -0.4 is 5.32 Å². The van der Waals surface area contributed by atoms with Crippen LogP contribution in [0.2, 0.25) is 0 Å². The number of aryl methyl sites for hydroxylation is 3. The molecule has 1 aromatic carbocycles. The molecule has 0 aliphatic heterocycles. The number of amides is 1. The lowest BCUT2D eigenvalue weighted by Gasteiger charge is -2.09. The summed E-state index contributed by atoms with van der Waals surface area (Å²) in [5.74, 6) is -0.133. The molecule has 0 saturated heterocycles. The highest BCUT2D eigenvalue weighted by molar-refractivity contribution is 7.99. The van der Waals surface area contributed by atoms with E-state index in [0.29, 0.717) is 22.3 Å². The molecular weight excluding hydrogens is 357 g/mol. The van der Waals surface area contributed by atoms with Gasteiger partial charge in [0.1, 0.15) is 5.69 Å². The number of hydrogen-bond acceptors (Lipinski definition) is 6. The molecule has 0 spiro atoms. The quantitative estimate of drug-likeness (QED) is 0.665. The molecule has 10 heteroatoms. The summed E-state index contributed by atoms with van der Waals surface area (Å²) in [6, 6.07) is 6.43. The van der Waals surface area contributed by atoms with E-state index in [-0.39, 0.29) is 12.3 Å². The van der Waals surface area contributed by atoms with E-state index in [1.54, 1.807) is 23.9 Å². The second-order valence-electron chi connectivity index (χ2n) is 5.74. The fraction of sp³-hybridized carbons (Fsp3) is 0.312. The molecular formula is C16H18FN7OS. The van der Waals surface area contributed by atoms with Gasteiger partial charge >= 0.3 is 0 Å². The first-order valence-electron chi connectivity index (χ1n) is 7.92. The maximum atomic E-state index is 14.4. The van der Waals surface area contributed by atoms with Crippen LogP contribution in [0, 0.1) is 19.7 Å². The summed E-state index contributed by atoms with van der Waals surface area (Å²) in [5.41, 5.74) is 2.41. The third kappa shape index (κ3) is 4.07. The number of nitrogens with zero attached hydrogens (tertiary/aromatic N) is 6. The molecule has 0 saturated carbocycles. The normalized spacial score (nSPS) is 10.9. The summed E-state index contributed by atoms with van der Waals surface area (Å²) in [6.07, 6.45) is 0.262. The summed E-state index contributed by atoms with van der Waals surface area (Å²) in [5, 5.41) is 18.7. The minimum atomic E-state index is -0.450. The van der Waals surface area contributed by atoms with Crippen molar-refractivity contribution in [1.29, 1.82) is 0 Å². The van der Waals surface area contributed by atoms with Crippen molar-refractivity contribution in [3.63, 3.8) is 0 Å². The Bertz CT molecular complexity index is 937. The van der Waals surface area contributed by atoms with Crippen molar-refractivity contribution in [2.24, 2.45) is 7.05 Å². The largest absolute Gasteiger partial charge is 0.326 e. The van der Waals surface area contributed by atoms with E-state index >= 15 is 0 Å². The summed E-state index contributed by atoms with van der Waals surface area (Å²) in [4.78, 5) is 12.0. The van der Waals surface area contributed by atoms with Crippen molar-refractivity contribution in [2.45, 2.75) is 25.4 Å². The first kappa shape index (κ1) is 18.1. The SMILES string of the molecule is Cc1cc(C)n(-c2ccc(NC(=O)CCSc3nnnn3C)cc2F)n1. The average molecular weight is 375 g/mol. The van der Waals surface area contributed by atoms with Gasteiger partial charge in [-0.2, -0.15) is 5.10 Å². The van der Waals surface area contributed by atoms with E-state index in [1.807, 2.05) is 19.9 Å². The molecule has 2 aromatic heterocycles. The van der Waals surface area contributed by atoms with Crippen molar-refractivity contribution >= 4 is 23.4 Å². The molecule has 0 aliphatic rings. The fourth-order valence-electron chi connectivity index (χ4n) is 2.43. The molecule has 8 nitrogen and oxygen atoms in total. The number of halogens is 1. The Morgan fingerprint density at radius 1 is 1.31 bits per heavy atom. The van der Waals surface area contributed by atoms with Gasteiger partial charge in [-0.3, -0.25) is 4.79 Å². The van der Waals surface area contributed by atoms with Gasteiger partial charge in [0.25, 0.3) is 0 Å². The zero-order chi connectivity index (χ0) is 18.7. The number of rotatable bonds is 6. The van der Waals surface area contributed by atoms with E-state index in [1.165, 1.54) is 22.5 Å². The summed E-state index contributed by atoms with van der Waals surface area (Å²) < 4.78 is 17.5. The van der Waals surface area contributed by atoms with Crippen molar-refractivity contribution < 1.29 is 9.18 Å². The minimum Gasteiger partial charge on any atom is -0.326 e. The van der Waals surface area contributed by atoms with Crippen LogP contribution in [0.3, 0.4) is 0 Å². The van der Waals surface area contributed by atoms with Gasteiger partial charge in [0.15, 0.2) is 5.82 Å². The molecule has 1 amide bonds. The highest BCUT2D eigenvalue weighted by Gasteiger charge is 2.11. The Kier molecular flexibility index (Phi) is 5.31. The molecule has 2 heterocycles. The molecule has 3 aromatic rings. The Hall–Kier alpha value is -2.75. The van der Waals surface area contributed by atoms with Crippen LogP contribution >= 0.6 is 11.8 Å². The number of aromatic nitrogens is 6. The van der Waals surface area contributed by atoms with Crippen LogP contribution in [0.15, 0.2) is 29.4 Å². The first-order valence-corrected chi connectivity index (χ1v) is 8.91. The second kappa shape index (κ2) is 7.65. The highest BCUT2D eigenvalue weighted by Crippen LogP contribution is 2.20. The van der Waals surface area contributed by atoms with E-state index in [4.69, 9.17) is 0 Å². The number of anilines is 1. The third-order valence-electron chi connectivity index (χ3n) is 3.61. The van der Waals surface area contributed by atoms with Gasteiger partial charge in [-0.25, -0.2) is 13.8 Å². The Morgan fingerprint density at radius 2 is 2.12 bits per heavy atom. The average Bonchev–Trinajstić information content (AvgIpc) is 3.13. The molecule has 3 rings (SSSR count). The fourth-order valence-corrected chi connectivity index (χ4v) is 3.22. The number of tetrazole rings is 1. The summed E-state index contributed by atoms with van der Waals surface area (Å²) in [6.45, 7) is 3.71. The zero-order valence-electron chi connectivity index (χ0n) is 14.6. The lowest BCUT2D eigenvalue weighted by Crippen LogP contribution is -2.13. The van der Waals surface area contributed by atoms with Crippen molar-refractivity contribution in [3.8, 4) is 5.69 Å². The van der Waals surface area contributed by atoms with Gasteiger partial charge in [0.2, 0.25) is 11.1 Å².